The van der Waals surface area contributed by atoms with Crippen LogP contribution in [0.2, 0.25) is 0 Å². The molecule has 0 unspecified atom stereocenters. The van der Waals surface area contributed by atoms with Crippen molar-refractivity contribution in [3.63, 3.8) is 0 Å². The summed E-state index contributed by atoms with van der Waals surface area (Å²) in [5, 5.41) is 2.11. The molecule has 0 bridgehead atoms. The molecule has 0 spiro atoms. The number of esters is 1. The average molecular weight is 425 g/mol. The first kappa shape index (κ1) is 23.1. The van der Waals surface area contributed by atoms with Gasteiger partial charge in [-0.1, -0.05) is 19.1 Å². The van der Waals surface area contributed by atoms with E-state index in [9.17, 15) is 22.8 Å². The second-order valence-electron chi connectivity index (χ2n) is 6.11. The van der Waals surface area contributed by atoms with E-state index in [-0.39, 0.29) is 5.56 Å². The van der Waals surface area contributed by atoms with Crippen molar-refractivity contribution < 1.29 is 37.0 Å². The number of nitrogens with one attached hydrogen (secondary N) is 1. The Morgan fingerprint density at radius 3 is 2.40 bits per heavy atom. The number of carbonyl (C=O) groups is 2. The smallest absolute Gasteiger partial charge is 0.418 e. The van der Waals surface area contributed by atoms with Gasteiger partial charge in [0, 0.05) is 0 Å². The first-order chi connectivity index (χ1) is 14.3. The van der Waals surface area contributed by atoms with Crippen LogP contribution >= 0.6 is 0 Å². The Hall–Kier alpha value is -3.23. The van der Waals surface area contributed by atoms with Crippen LogP contribution in [0.25, 0.3) is 0 Å². The van der Waals surface area contributed by atoms with Gasteiger partial charge in [-0.15, -0.1) is 0 Å². The number of hydrogen-bond donors (Lipinski definition) is 1. The van der Waals surface area contributed by atoms with Gasteiger partial charge in [-0.05, 0) is 43.7 Å². The molecule has 0 aliphatic heterocycles. The Morgan fingerprint density at radius 1 is 1.00 bits per heavy atom. The minimum atomic E-state index is -4.63. The zero-order chi connectivity index (χ0) is 22.1. The molecule has 1 amide bonds. The molecule has 1 N–H and O–H groups in total. The van der Waals surface area contributed by atoms with Crippen LogP contribution in [-0.2, 0) is 15.7 Å². The van der Waals surface area contributed by atoms with Crippen LogP contribution in [0, 0.1) is 0 Å². The molecule has 0 saturated heterocycles. The number of halogens is 3. The minimum absolute atomic E-state index is 0.116. The Morgan fingerprint density at radius 2 is 1.73 bits per heavy atom. The van der Waals surface area contributed by atoms with Crippen LogP contribution in [0.4, 0.5) is 18.9 Å². The van der Waals surface area contributed by atoms with Crippen LogP contribution in [0.3, 0.4) is 0 Å². The van der Waals surface area contributed by atoms with E-state index in [1.165, 1.54) is 24.3 Å². The lowest BCUT2D eigenvalue weighted by Crippen LogP contribution is -2.22. The van der Waals surface area contributed by atoms with Crippen molar-refractivity contribution in [1.82, 2.24) is 0 Å². The highest BCUT2D eigenvalue weighted by molar-refractivity contribution is 5.96. The van der Waals surface area contributed by atoms with Gasteiger partial charge in [0.25, 0.3) is 5.91 Å². The van der Waals surface area contributed by atoms with Crippen molar-refractivity contribution in [2.75, 3.05) is 25.1 Å². The summed E-state index contributed by atoms with van der Waals surface area (Å²) in [6.07, 6.45) is -3.83. The molecule has 0 aromatic heterocycles. The Balaban J connectivity index is 2.02. The highest BCUT2D eigenvalue weighted by Gasteiger charge is 2.33. The molecule has 0 fully saturated rings. The number of carbonyl (C=O) groups excluding carboxylic acids is 2. The number of rotatable bonds is 9. The van der Waals surface area contributed by atoms with Crippen molar-refractivity contribution in [1.29, 1.82) is 0 Å². The molecule has 9 heteroatoms. The normalized spacial score (nSPS) is 11.0. The molecule has 0 atom stereocenters. The predicted molar refractivity (Wildman–Crippen MR) is 104 cm³/mol. The second-order valence-corrected chi connectivity index (χ2v) is 6.11. The van der Waals surface area contributed by atoms with Crippen molar-refractivity contribution in [3.05, 3.63) is 53.6 Å². The third-order valence-corrected chi connectivity index (χ3v) is 3.78. The van der Waals surface area contributed by atoms with Gasteiger partial charge in [0.15, 0.2) is 18.1 Å². The molecule has 6 nitrogen and oxygen atoms in total. The average Bonchev–Trinajstić information content (AvgIpc) is 2.71. The zero-order valence-corrected chi connectivity index (χ0v) is 16.5. The first-order valence-electron chi connectivity index (χ1n) is 9.29. The van der Waals surface area contributed by atoms with E-state index in [0.717, 1.165) is 18.6 Å². The molecule has 0 heterocycles. The zero-order valence-electron chi connectivity index (χ0n) is 16.5. The molecule has 0 aliphatic carbocycles. The van der Waals surface area contributed by atoms with E-state index < -0.39 is 35.9 Å². The van der Waals surface area contributed by atoms with E-state index in [1.807, 2.05) is 6.92 Å². The largest absolute Gasteiger partial charge is 0.490 e. The molecular weight excluding hydrogens is 403 g/mol. The second kappa shape index (κ2) is 10.5. The monoisotopic (exact) mass is 425 g/mol. The van der Waals surface area contributed by atoms with Gasteiger partial charge >= 0.3 is 12.1 Å². The van der Waals surface area contributed by atoms with E-state index in [0.29, 0.717) is 24.7 Å². The van der Waals surface area contributed by atoms with Crippen molar-refractivity contribution in [3.8, 4) is 11.5 Å². The molecule has 0 aliphatic rings. The lowest BCUT2D eigenvalue weighted by atomic mass is 10.1. The van der Waals surface area contributed by atoms with Crippen molar-refractivity contribution in [2.24, 2.45) is 0 Å². The minimum Gasteiger partial charge on any atom is -0.490 e. The van der Waals surface area contributed by atoms with Gasteiger partial charge in [0.1, 0.15) is 0 Å². The summed E-state index contributed by atoms with van der Waals surface area (Å²) >= 11 is 0. The van der Waals surface area contributed by atoms with Crippen molar-refractivity contribution in [2.45, 2.75) is 26.4 Å². The topological polar surface area (TPSA) is 73.9 Å². The van der Waals surface area contributed by atoms with Gasteiger partial charge in [-0.25, -0.2) is 4.79 Å². The summed E-state index contributed by atoms with van der Waals surface area (Å²) in [5.41, 5.74) is -1.29. The fourth-order valence-corrected chi connectivity index (χ4v) is 2.47. The number of amides is 1. The molecular formula is C21H22F3NO5. The molecule has 30 heavy (non-hydrogen) atoms. The lowest BCUT2D eigenvalue weighted by Gasteiger charge is -2.14. The van der Waals surface area contributed by atoms with Crippen molar-refractivity contribution >= 4 is 17.6 Å². The van der Waals surface area contributed by atoms with Gasteiger partial charge in [-0.3, -0.25) is 4.79 Å². The molecule has 0 saturated carbocycles. The number of benzene rings is 2. The maximum absolute atomic E-state index is 13.0. The van der Waals surface area contributed by atoms with E-state index in [2.05, 4.69) is 5.32 Å². The first-order valence-corrected chi connectivity index (χ1v) is 9.29. The summed E-state index contributed by atoms with van der Waals surface area (Å²) in [4.78, 5) is 24.2. The maximum Gasteiger partial charge on any atom is 0.418 e. The molecule has 2 aromatic carbocycles. The maximum atomic E-state index is 13.0. The summed E-state index contributed by atoms with van der Waals surface area (Å²) in [5.74, 6) is -0.897. The number of hydrogen-bond acceptors (Lipinski definition) is 5. The third-order valence-electron chi connectivity index (χ3n) is 3.78. The molecule has 162 valence electrons. The summed E-state index contributed by atoms with van der Waals surface area (Å²) in [7, 11) is 0. The number of anilines is 1. The summed E-state index contributed by atoms with van der Waals surface area (Å²) < 4.78 is 54.9. The Labute approximate surface area is 171 Å². The predicted octanol–water partition coefficient (Wildman–Crippen LogP) is 4.69. The molecule has 0 radical (unpaired) electrons. The van der Waals surface area contributed by atoms with Crippen LogP contribution < -0.4 is 14.8 Å². The van der Waals surface area contributed by atoms with Gasteiger partial charge in [0.05, 0.1) is 30.0 Å². The van der Waals surface area contributed by atoms with Crippen LogP contribution in [0.1, 0.15) is 36.2 Å². The van der Waals surface area contributed by atoms with E-state index in [1.54, 1.807) is 13.0 Å². The van der Waals surface area contributed by atoms with Crippen LogP contribution in [0.5, 0.6) is 11.5 Å². The number of alkyl halides is 3. The van der Waals surface area contributed by atoms with E-state index in [4.69, 9.17) is 14.2 Å². The third kappa shape index (κ3) is 6.40. The highest BCUT2D eigenvalue weighted by Crippen LogP contribution is 2.34. The summed E-state index contributed by atoms with van der Waals surface area (Å²) in [6.45, 7) is 3.80. The van der Waals surface area contributed by atoms with E-state index >= 15 is 0 Å². The lowest BCUT2D eigenvalue weighted by molar-refractivity contribution is -0.137. The summed E-state index contributed by atoms with van der Waals surface area (Å²) in [6, 6.07) is 8.96. The quantitative estimate of drug-likeness (QED) is 0.590. The van der Waals surface area contributed by atoms with Crippen LogP contribution in [-0.4, -0.2) is 31.7 Å². The van der Waals surface area contributed by atoms with Crippen LogP contribution in [0.15, 0.2) is 42.5 Å². The highest BCUT2D eigenvalue weighted by atomic mass is 19.4. The molecule has 2 aromatic rings. The Kier molecular flexibility index (Phi) is 8.08. The standard InChI is InChI=1S/C21H22F3NO5/c1-3-11-29-17-10-9-14(12-18(17)28-4-2)20(27)30-13-19(26)25-16-8-6-5-7-15(16)21(22,23)24/h5-10,12H,3-4,11,13H2,1-2H3,(H,25,26). The van der Waals surface area contributed by atoms with Gasteiger partial charge < -0.3 is 19.5 Å². The fourth-order valence-electron chi connectivity index (χ4n) is 2.47. The molecule has 2 rings (SSSR count). The van der Waals surface area contributed by atoms with Gasteiger partial charge in [-0.2, -0.15) is 13.2 Å². The Bertz CT molecular complexity index is 883. The number of para-hydroxylation sites is 1. The van der Waals surface area contributed by atoms with Gasteiger partial charge in [0.2, 0.25) is 0 Å². The SMILES string of the molecule is CCCOc1ccc(C(=O)OCC(=O)Nc2ccccc2C(F)(F)F)cc1OCC. The fraction of sp³-hybridized carbons (Fsp3) is 0.333. The number of ether oxygens (including phenoxy) is 3.